The fraction of sp³-hybridized carbons (Fsp3) is 0.600. The average molecular weight is 237 g/mol. The van der Waals surface area contributed by atoms with Crippen LogP contribution in [0.5, 0.6) is 0 Å². The molecule has 0 N–H and O–H groups in total. The van der Waals surface area contributed by atoms with Gasteiger partial charge in [-0.3, -0.25) is 5.01 Å². The molecule has 0 aromatic carbocycles. The van der Waals surface area contributed by atoms with Crippen LogP contribution in [0, 0.1) is 0 Å². The zero-order valence-electron chi connectivity index (χ0n) is 5.00. The Kier molecular flexibility index (Phi) is 1.50. The predicted molar refractivity (Wildman–Crippen MR) is 46.6 cm³/mol. The third kappa shape index (κ3) is 1.01. The molecule has 0 amide bonds. The highest BCUT2D eigenvalue weighted by Gasteiger charge is 2.18. The molecule has 0 radical (unpaired) electrons. The van der Waals surface area contributed by atoms with Gasteiger partial charge in [-0.2, -0.15) is 3.22 Å². The predicted octanol–water partition coefficient (Wildman–Crippen LogP) is 0.596. The molecule has 2 aliphatic rings. The molecule has 0 bridgehead atoms. The molecule has 9 heavy (non-hydrogen) atoms. The van der Waals surface area contributed by atoms with Gasteiger partial charge in [-0.05, 0) is 6.42 Å². The zero-order valence-corrected chi connectivity index (χ0v) is 7.15. The van der Waals surface area contributed by atoms with Crippen molar-refractivity contribution in [1.82, 2.24) is 8.23 Å². The van der Waals surface area contributed by atoms with Gasteiger partial charge in [0.05, 0.1) is 4.14 Å². The van der Waals surface area contributed by atoms with Crippen LogP contribution < -0.4 is 0 Å². The molecule has 3 nitrogen and oxygen atoms in total. The van der Waals surface area contributed by atoms with Gasteiger partial charge in [0.25, 0.3) is 0 Å². The monoisotopic (exact) mass is 237 g/mol. The lowest BCUT2D eigenvalue weighted by Crippen LogP contribution is -2.29. The molecule has 0 aromatic rings. The van der Waals surface area contributed by atoms with E-state index in [1.807, 2.05) is 6.34 Å². The molecule has 0 spiro atoms. The second-order valence-corrected chi connectivity index (χ2v) is 4.26. The van der Waals surface area contributed by atoms with Gasteiger partial charge >= 0.3 is 0 Å². The molecule has 2 heterocycles. The van der Waals surface area contributed by atoms with Crippen LogP contribution in [-0.2, 0) is 0 Å². The molecular formula is C5H8IN3. The van der Waals surface area contributed by atoms with Crippen LogP contribution in [-0.4, -0.2) is 31.8 Å². The molecule has 0 aliphatic carbocycles. The second kappa shape index (κ2) is 2.34. The van der Waals surface area contributed by atoms with E-state index in [4.69, 9.17) is 0 Å². The van der Waals surface area contributed by atoms with E-state index in [2.05, 4.69) is 17.4 Å². The number of nitrogens with zero attached hydrogens (tertiary/aromatic N) is 3. The van der Waals surface area contributed by atoms with Crippen molar-refractivity contribution in [3.63, 3.8) is 0 Å². The van der Waals surface area contributed by atoms with Crippen molar-refractivity contribution < 1.29 is 0 Å². The van der Waals surface area contributed by atoms with Crippen molar-refractivity contribution in [1.29, 1.82) is 0 Å². The third-order valence-electron chi connectivity index (χ3n) is 1.42. The van der Waals surface area contributed by atoms with Gasteiger partial charge in [0, 0.05) is 34.1 Å². The van der Waals surface area contributed by atoms with E-state index in [0.29, 0.717) is 0 Å². The Balaban J connectivity index is 2.18. The molecule has 0 unspecified atom stereocenters. The lowest BCUT2D eigenvalue weighted by molar-refractivity contribution is 0.282. The standard InChI is InChI=1S/C5H8IN3/c1-2-8-5-7-4-6-9(8)3-1/h4-5H,1-3H2. The fourth-order valence-electron chi connectivity index (χ4n) is 0.996. The number of fused-ring (bicyclic) bond motifs is 1. The van der Waals surface area contributed by atoms with Gasteiger partial charge in [-0.15, -0.1) is 0 Å². The molecular weight excluding hydrogens is 229 g/mol. The maximum absolute atomic E-state index is 4.10. The van der Waals surface area contributed by atoms with Crippen LogP contribution in [0.4, 0.5) is 0 Å². The topological polar surface area (TPSA) is 18.8 Å². The van der Waals surface area contributed by atoms with Gasteiger partial charge < -0.3 is 0 Å². The van der Waals surface area contributed by atoms with Crippen LogP contribution in [0.3, 0.4) is 0 Å². The number of rotatable bonds is 0. The Morgan fingerprint density at radius 3 is 3.33 bits per heavy atom. The molecule has 0 saturated carbocycles. The Labute approximate surface area is 64.4 Å². The summed E-state index contributed by atoms with van der Waals surface area (Å²) >= 11 is 0.107. The van der Waals surface area contributed by atoms with E-state index >= 15 is 0 Å². The van der Waals surface area contributed by atoms with Crippen LogP contribution in [0.2, 0.25) is 0 Å². The van der Waals surface area contributed by atoms with Gasteiger partial charge in [-0.25, -0.2) is 4.99 Å². The highest BCUT2D eigenvalue weighted by molar-refractivity contribution is 14.2. The molecule has 50 valence electrons. The Morgan fingerprint density at radius 2 is 2.44 bits per heavy atom. The summed E-state index contributed by atoms with van der Waals surface area (Å²) in [4.78, 5) is 4.10. The van der Waals surface area contributed by atoms with E-state index in [-0.39, 0.29) is 21.0 Å². The molecule has 0 aromatic heterocycles. The molecule has 2 rings (SSSR count). The van der Waals surface area contributed by atoms with E-state index in [9.17, 15) is 0 Å². The summed E-state index contributed by atoms with van der Waals surface area (Å²) < 4.78 is 4.46. The van der Waals surface area contributed by atoms with Crippen LogP contribution in [0.25, 0.3) is 0 Å². The molecule has 1 saturated heterocycles. The Morgan fingerprint density at radius 1 is 1.44 bits per heavy atom. The molecule has 4 heteroatoms. The van der Waals surface area contributed by atoms with Crippen molar-refractivity contribution in [2.24, 2.45) is 4.99 Å². The summed E-state index contributed by atoms with van der Waals surface area (Å²) in [6, 6.07) is 0. The van der Waals surface area contributed by atoms with Gasteiger partial charge in [0.15, 0.2) is 0 Å². The summed E-state index contributed by atoms with van der Waals surface area (Å²) in [7, 11) is 0. The number of halogens is 1. The van der Waals surface area contributed by atoms with Crippen LogP contribution in [0.15, 0.2) is 4.99 Å². The van der Waals surface area contributed by atoms with Crippen molar-refractivity contribution >= 4 is 31.5 Å². The quantitative estimate of drug-likeness (QED) is 0.453. The SMILES string of the molecule is C1=NC=IN2CCCN12. The summed E-state index contributed by atoms with van der Waals surface area (Å²) in [5, 5.41) is 2.23. The summed E-state index contributed by atoms with van der Waals surface area (Å²) in [6.45, 7) is 2.42. The van der Waals surface area contributed by atoms with Crippen molar-refractivity contribution in [2.75, 3.05) is 13.1 Å². The van der Waals surface area contributed by atoms with Gasteiger partial charge in [0.2, 0.25) is 0 Å². The number of hydrazine groups is 1. The second-order valence-electron chi connectivity index (χ2n) is 2.04. The lowest BCUT2D eigenvalue weighted by atomic mass is 10.5. The number of hydrogen-bond donors (Lipinski definition) is 0. The highest BCUT2D eigenvalue weighted by Crippen LogP contribution is 2.19. The van der Waals surface area contributed by atoms with Crippen molar-refractivity contribution in [2.45, 2.75) is 6.42 Å². The van der Waals surface area contributed by atoms with E-state index in [0.717, 1.165) is 0 Å². The third-order valence-corrected chi connectivity index (χ3v) is 3.67. The molecule has 2 aliphatic heterocycles. The Hall–Kier alpha value is 0.0300. The van der Waals surface area contributed by atoms with E-state index in [1.54, 1.807) is 0 Å². The maximum atomic E-state index is 4.10. The van der Waals surface area contributed by atoms with Gasteiger partial charge in [0.1, 0.15) is 6.34 Å². The van der Waals surface area contributed by atoms with Gasteiger partial charge in [-0.1, -0.05) is 0 Å². The normalized spacial score (nSPS) is 26.0. The minimum absolute atomic E-state index is 0.107. The smallest absolute Gasteiger partial charge is 0.106 e. The maximum Gasteiger partial charge on any atom is 0.106 e. The first kappa shape index (κ1) is 5.79. The first-order valence-electron chi connectivity index (χ1n) is 2.99. The Bertz CT molecular complexity index is 148. The molecule has 1 fully saturated rings. The average Bonchev–Trinajstić information content (AvgIpc) is 2.33. The number of aliphatic imine (C=N–C) groups is 1. The van der Waals surface area contributed by atoms with E-state index < -0.39 is 0 Å². The summed E-state index contributed by atoms with van der Waals surface area (Å²) in [5.74, 6) is 0. The minimum atomic E-state index is 0.107. The van der Waals surface area contributed by atoms with Crippen molar-refractivity contribution in [3.05, 3.63) is 0 Å². The minimum Gasteiger partial charge on any atom is -0.287 e. The van der Waals surface area contributed by atoms with Crippen LogP contribution in [0.1, 0.15) is 6.42 Å². The first-order chi connectivity index (χ1) is 4.47. The summed E-state index contributed by atoms with van der Waals surface area (Å²) in [6.07, 6.45) is 3.23. The fourth-order valence-corrected chi connectivity index (χ4v) is 2.84. The summed E-state index contributed by atoms with van der Waals surface area (Å²) in [5.41, 5.74) is 0. The number of hydrogen-bond acceptors (Lipinski definition) is 3. The largest absolute Gasteiger partial charge is 0.287 e. The van der Waals surface area contributed by atoms with Crippen molar-refractivity contribution in [3.8, 4) is 0 Å². The van der Waals surface area contributed by atoms with E-state index in [1.165, 1.54) is 19.5 Å². The van der Waals surface area contributed by atoms with Crippen LogP contribution >= 0.6 is 21.0 Å². The highest BCUT2D eigenvalue weighted by atomic mass is 127. The zero-order chi connectivity index (χ0) is 6.10. The lowest BCUT2D eigenvalue weighted by Gasteiger charge is -2.22. The molecule has 0 atom stereocenters. The first-order valence-corrected chi connectivity index (χ1v) is 5.20.